The molecule has 0 aliphatic carbocycles. The van der Waals surface area contributed by atoms with E-state index in [2.05, 4.69) is 0 Å². The Hall–Kier alpha value is -1.29. The highest BCUT2D eigenvalue weighted by Gasteiger charge is 2.49. The van der Waals surface area contributed by atoms with Crippen molar-refractivity contribution < 1.29 is 38.1 Å². The topological polar surface area (TPSA) is 121 Å². The fraction of sp³-hybridized carbons (Fsp3) is 0.692. The predicted octanol–water partition coefficient (Wildman–Crippen LogP) is 1.50. The van der Waals surface area contributed by atoms with Crippen LogP contribution in [0.3, 0.4) is 0 Å². The predicted molar refractivity (Wildman–Crippen MR) is 85.5 cm³/mol. The molecule has 0 amide bonds. The Morgan fingerprint density at radius 3 is 1.84 bits per heavy atom. The second-order valence-electron chi connectivity index (χ2n) is 4.94. The highest BCUT2D eigenvalue weighted by molar-refractivity contribution is 6.76. The van der Waals surface area contributed by atoms with Gasteiger partial charge >= 0.3 is 17.9 Å². The number of carbonyl (C=O) groups excluding carboxylic acids is 3. The van der Waals surface area contributed by atoms with Crippen molar-refractivity contribution in [2.24, 2.45) is 0 Å². The number of halogens is 3. The molecule has 9 nitrogen and oxygen atoms in total. The van der Waals surface area contributed by atoms with Gasteiger partial charge in [-0.15, -0.1) is 0 Å². The molecule has 1 aliphatic rings. The molecular formula is C13H16Cl3NO8. The molecule has 0 aromatic heterocycles. The summed E-state index contributed by atoms with van der Waals surface area (Å²) in [6.07, 6.45) is -5.10. The van der Waals surface area contributed by atoms with E-state index in [1.54, 1.807) is 0 Å². The molecule has 1 unspecified atom stereocenters. The molecule has 1 saturated heterocycles. The van der Waals surface area contributed by atoms with Gasteiger partial charge in [-0.2, -0.15) is 0 Å². The fourth-order valence-electron chi connectivity index (χ4n) is 1.99. The molecule has 1 aliphatic heterocycles. The Labute approximate surface area is 158 Å². The zero-order valence-electron chi connectivity index (χ0n) is 13.4. The molecule has 1 N–H and O–H groups in total. The lowest BCUT2D eigenvalue weighted by Crippen LogP contribution is -2.58. The molecule has 142 valence electrons. The third kappa shape index (κ3) is 6.85. The number of rotatable bonds is 4. The first-order chi connectivity index (χ1) is 11.4. The van der Waals surface area contributed by atoms with Gasteiger partial charge in [0.2, 0.25) is 18.3 Å². The van der Waals surface area contributed by atoms with Crippen molar-refractivity contribution in [1.82, 2.24) is 0 Å². The van der Waals surface area contributed by atoms with Crippen LogP contribution in [0, 0.1) is 5.41 Å². The first-order valence-electron chi connectivity index (χ1n) is 6.87. The van der Waals surface area contributed by atoms with E-state index in [1.807, 2.05) is 0 Å². The lowest BCUT2D eigenvalue weighted by Gasteiger charge is -2.40. The third-order valence-corrected chi connectivity index (χ3v) is 3.31. The first kappa shape index (κ1) is 21.8. The van der Waals surface area contributed by atoms with Crippen LogP contribution in [0.2, 0.25) is 0 Å². The molecule has 12 heteroatoms. The number of carbonyl (C=O) groups is 3. The largest absolute Gasteiger partial charge is 0.456 e. The number of esters is 3. The fourth-order valence-corrected chi connectivity index (χ4v) is 2.13. The number of ether oxygens (including phenoxy) is 5. The average molecular weight is 421 g/mol. The summed E-state index contributed by atoms with van der Waals surface area (Å²) in [4.78, 5) is 34.0. The van der Waals surface area contributed by atoms with Gasteiger partial charge in [0.1, 0.15) is 0 Å². The summed E-state index contributed by atoms with van der Waals surface area (Å²) in [5.74, 6) is -2.95. The van der Waals surface area contributed by atoms with E-state index in [9.17, 15) is 14.4 Å². The van der Waals surface area contributed by atoms with Crippen LogP contribution in [0.25, 0.3) is 0 Å². The quantitative estimate of drug-likeness (QED) is 0.239. The van der Waals surface area contributed by atoms with Crippen LogP contribution in [-0.2, 0) is 38.1 Å². The molecular weight excluding hydrogens is 405 g/mol. The second-order valence-corrected chi connectivity index (χ2v) is 7.22. The molecule has 0 saturated carbocycles. The van der Waals surface area contributed by atoms with Crippen LogP contribution in [0.1, 0.15) is 20.8 Å². The highest BCUT2D eigenvalue weighted by atomic mass is 35.6. The van der Waals surface area contributed by atoms with Crippen molar-refractivity contribution >= 4 is 58.6 Å². The van der Waals surface area contributed by atoms with Gasteiger partial charge in [-0.3, -0.25) is 19.8 Å². The van der Waals surface area contributed by atoms with E-state index in [1.165, 1.54) is 0 Å². The number of hydrogen-bond acceptors (Lipinski definition) is 9. The van der Waals surface area contributed by atoms with Gasteiger partial charge in [0.25, 0.3) is 3.79 Å². The Balaban J connectivity index is 3.09. The zero-order chi connectivity index (χ0) is 19.4. The van der Waals surface area contributed by atoms with Crippen molar-refractivity contribution in [3.63, 3.8) is 0 Å². The van der Waals surface area contributed by atoms with Gasteiger partial charge < -0.3 is 23.7 Å². The Kier molecular flexibility index (Phi) is 7.73. The van der Waals surface area contributed by atoms with Gasteiger partial charge in [-0.05, 0) is 0 Å². The Morgan fingerprint density at radius 2 is 1.40 bits per heavy atom. The van der Waals surface area contributed by atoms with Crippen molar-refractivity contribution in [3.8, 4) is 0 Å². The maximum Gasteiger partial charge on any atom is 0.303 e. The zero-order valence-corrected chi connectivity index (χ0v) is 15.7. The lowest BCUT2D eigenvalue weighted by molar-refractivity contribution is -0.263. The Bertz CT molecular complexity index is 550. The monoisotopic (exact) mass is 419 g/mol. The van der Waals surface area contributed by atoms with Gasteiger partial charge in [-0.25, -0.2) is 0 Å². The minimum Gasteiger partial charge on any atom is -0.456 e. The Morgan fingerprint density at radius 1 is 0.920 bits per heavy atom. The van der Waals surface area contributed by atoms with Crippen LogP contribution in [0.4, 0.5) is 0 Å². The molecule has 0 spiro atoms. The summed E-state index contributed by atoms with van der Waals surface area (Å²) in [5.41, 5.74) is 0. The highest BCUT2D eigenvalue weighted by Crippen LogP contribution is 2.31. The summed E-state index contributed by atoms with van der Waals surface area (Å²) in [7, 11) is 0. The standard InChI is InChI=1S/C13H16Cl3NO8/c1-5(18)22-8-4-21-11(25-12(17)13(14,15)16)10(24-7(3)20)9(8)23-6(2)19/h8-11,17H,4H2,1-3H3/t8-,9-,10+,11?/m0/s1. The van der Waals surface area contributed by atoms with E-state index in [-0.39, 0.29) is 6.61 Å². The van der Waals surface area contributed by atoms with Crippen molar-refractivity contribution in [1.29, 1.82) is 5.41 Å². The van der Waals surface area contributed by atoms with Crippen molar-refractivity contribution in [2.45, 2.75) is 49.2 Å². The summed E-state index contributed by atoms with van der Waals surface area (Å²) >= 11 is 16.6. The number of hydrogen-bond donors (Lipinski definition) is 1. The summed E-state index contributed by atoms with van der Waals surface area (Å²) < 4.78 is 23.4. The number of alkyl halides is 3. The van der Waals surface area contributed by atoms with E-state index < -0.39 is 52.2 Å². The molecule has 1 heterocycles. The van der Waals surface area contributed by atoms with Gasteiger partial charge in [-0.1, -0.05) is 34.8 Å². The molecule has 0 aromatic rings. The first-order valence-corrected chi connectivity index (χ1v) is 8.01. The molecule has 4 atom stereocenters. The van der Waals surface area contributed by atoms with Gasteiger partial charge in [0.05, 0.1) is 6.61 Å². The minimum atomic E-state index is -2.19. The normalized spacial score (nSPS) is 26.3. The maximum atomic E-state index is 11.4. The van der Waals surface area contributed by atoms with Gasteiger partial charge in [0.15, 0.2) is 12.2 Å². The molecule has 1 fully saturated rings. The molecule has 0 radical (unpaired) electrons. The van der Waals surface area contributed by atoms with E-state index in [0.29, 0.717) is 0 Å². The number of nitrogens with one attached hydrogen (secondary N) is 1. The minimum absolute atomic E-state index is 0.271. The van der Waals surface area contributed by atoms with Crippen LogP contribution in [0.15, 0.2) is 0 Å². The van der Waals surface area contributed by atoms with Crippen molar-refractivity contribution in [2.75, 3.05) is 6.61 Å². The SMILES string of the molecule is CC(=O)O[C@H]1[C@@H](OC(C)=O)COC(OC(=N)C(Cl)(Cl)Cl)[C@@H]1OC(C)=O. The average Bonchev–Trinajstić information content (AvgIpc) is 2.42. The van der Waals surface area contributed by atoms with Gasteiger partial charge in [0, 0.05) is 20.8 Å². The van der Waals surface area contributed by atoms with E-state index in [0.717, 1.165) is 20.8 Å². The second kappa shape index (κ2) is 8.88. The summed E-state index contributed by atoms with van der Waals surface area (Å²) in [5, 5.41) is 7.59. The maximum absolute atomic E-state index is 11.4. The van der Waals surface area contributed by atoms with Crippen LogP contribution in [0.5, 0.6) is 0 Å². The van der Waals surface area contributed by atoms with E-state index >= 15 is 0 Å². The van der Waals surface area contributed by atoms with Crippen LogP contribution >= 0.6 is 34.8 Å². The van der Waals surface area contributed by atoms with Crippen molar-refractivity contribution in [3.05, 3.63) is 0 Å². The third-order valence-electron chi connectivity index (χ3n) is 2.80. The molecule has 25 heavy (non-hydrogen) atoms. The molecule has 0 aromatic carbocycles. The summed E-state index contributed by atoms with van der Waals surface area (Å²) in [6.45, 7) is 3.09. The molecule has 1 rings (SSSR count). The lowest BCUT2D eigenvalue weighted by atomic mass is 10.0. The smallest absolute Gasteiger partial charge is 0.303 e. The van der Waals surface area contributed by atoms with E-state index in [4.69, 9.17) is 63.9 Å². The molecule has 0 bridgehead atoms. The van der Waals surface area contributed by atoms with Crippen LogP contribution < -0.4 is 0 Å². The summed E-state index contributed by atoms with van der Waals surface area (Å²) in [6, 6.07) is 0. The van der Waals surface area contributed by atoms with Crippen LogP contribution in [-0.4, -0.2) is 58.8 Å².